The molecule has 0 bridgehead atoms. The number of amides is 1. The molecule has 25 heavy (non-hydrogen) atoms. The molecule has 4 rings (SSSR count). The van der Waals surface area contributed by atoms with Gasteiger partial charge in [0.05, 0.1) is 24.2 Å². The zero-order valence-electron chi connectivity index (χ0n) is 14.0. The zero-order valence-corrected chi connectivity index (χ0v) is 14.8. The molecular formula is C19H21NO4S. The van der Waals surface area contributed by atoms with Crippen molar-refractivity contribution >= 4 is 17.2 Å². The van der Waals surface area contributed by atoms with Crippen molar-refractivity contribution in [1.29, 1.82) is 0 Å². The van der Waals surface area contributed by atoms with Crippen LogP contribution in [0.1, 0.15) is 45.5 Å². The van der Waals surface area contributed by atoms with Crippen LogP contribution in [0.5, 0.6) is 11.5 Å². The molecule has 1 amide bonds. The highest BCUT2D eigenvalue weighted by molar-refractivity contribution is 7.14. The summed E-state index contributed by atoms with van der Waals surface area (Å²) >= 11 is 1.52. The van der Waals surface area contributed by atoms with Gasteiger partial charge in [-0.15, -0.1) is 11.3 Å². The van der Waals surface area contributed by atoms with Crippen LogP contribution in [0.3, 0.4) is 0 Å². The Balaban J connectivity index is 1.38. The van der Waals surface area contributed by atoms with Crippen molar-refractivity contribution in [3.05, 3.63) is 45.6 Å². The molecule has 2 aromatic rings. The predicted octanol–water partition coefficient (Wildman–Crippen LogP) is 3.69. The second kappa shape index (κ2) is 7.45. The topological polar surface area (TPSA) is 56.8 Å². The number of benzene rings is 1. The van der Waals surface area contributed by atoms with E-state index >= 15 is 0 Å². The van der Waals surface area contributed by atoms with E-state index in [1.807, 2.05) is 30.3 Å². The minimum Gasteiger partial charge on any atom is -0.490 e. The molecule has 5 nitrogen and oxygen atoms in total. The number of ether oxygens (including phenoxy) is 3. The van der Waals surface area contributed by atoms with Gasteiger partial charge in [-0.3, -0.25) is 4.79 Å². The molecule has 0 aliphatic carbocycles. The molecule has 0 spiro atoms. The first-order valence-corrected chi connectivity index (χ1v) is 9.49. The summed E-state index contributed by atoms with van der Waals surface area (Å²) in [6.07, 6.45) is 3.17. The molecule has 0 unspecified atom stereocenters. The lowest BCUT2D eigenvalue weighted by atomic mass is 10.2. The molecule has 1 fully saturated rings. The second-order valence-electron chi connectivity index (χ2n) is 6.22. The lowest BCUT2D eigenvalue weighted by Crippen LogP contribution is -2.21. The van der Waals surface area contributed by atoms with Crippen LogP contribution in [0, 0.1) is 0 Å². The first kappa shape index (κ1) is 16.4. The quantitative estimate of drug-likeness (QED) is 0.904. The van der Waals surface area contributed by atoms with Crippen molar-refractivity contribution in [2.24, 2.45) is 0 Å². The number of thiophene rings is 1. The largest absolute Gasteiger partial charge is 0.490 e. The van der Waals surface area contributed by atoms with E-state index in [0.29, 0.717) is 19.8 Å². The number of hydrogen-bond donors (Lipinski definition) is 1. The van der Waals surface area contributed by atoms with Crippen LogP contribution in [0.4, 0.5) is 0 Å². The van der Waals surface area contributed by atoms with Crippen molar-refractivity contribution in [3.63, 3.8) is 0 Å². The third-order valence-corrected chi connectivity index (χ3v) is 5.54. The summed E-state index contributed by atoms with van der Waals surface area (Å²) in [7, 11) is 0. The summed E-state index contributed by atoms with van der Waals surface area (Å²) in [6.45, 7) is 2.61. The summed E-state index contributed by atoms with van der Waals surface area (Å²) in [5.41, 5.74) is 0.994. The monoisotopic (exact) mass is 359 g/mol. The first-order valence-electron chi connectivity index (χ1n) is 8.68. The molecule has 2 aliphatic rings. The van der Waals surface area contributed by atoms with E-state index in [9.17, 15) is 4.79 Å². The van der Waals surface area contributed by atoms with Crippen molar-refractivity contribution in [2.45, 2.75) is 31.9 Å². The van der Waals surface area contributed by atoms with Crippen molar-refractivity contribution in [2.75, 3.05) is 19.8 Å². The Kier molecular flexibility index (Phi) is 4.90. The molecule has 0 saturated carbocycles. The van der Waals surface area contributed by atoms with Crippen LogP contribution in [0.2, 0.25) is 0 Å². The fourth-order valence-electron chi connectivity index (χ4n) is 3.04. The highest BCUT2D eigenvalue weighted by atomic mass is 32.1. The van der Waals surface area contributed by atoms with Crippen molar-refractivity contribution in [3.8, 4) is 11.5 Å². The molecule has 1 aromatic heterocycles. The average molecular weight is 359 g/mol. The summed E-state index contributed by atoms with van der Waals surface area (Å²) in [6, 6.07) is 9.68. The highest BCUT2D eigenvalue weighted by Crippen LogP contribution is 2.33. The lowest BCUT2D eigenvalue weighted by molar-refractivity contribution is 0.0955. The molecule has 2 aliphatic heterocycles. The van der Waals surface area contributed by atoms with Crippen LogP contribution < -0.4 is 14.8 Å². The maximum Gasteiger partial charge on any atom is 0.261 e. The summed E-state index contributed by atoms with van der Waals surface area (Å²) < 4.78 is 17.0. The van der Waals surface area contributed by atoms with Crippen LogP contribution in [0.25, 0.3) is 0 Å². The predicted molar refractivity (Wildman–Crippen MR) is 95.5 cm³/mol. The van der Waals surface area contributed by atoms with E-state index in [4.69, 9.17) is 14.2 Å². The molecular weight excluding hydrogens is 338 g/mol. The van der Waals surface area contributed by atoms with Gasteiger partial charge >= 0.3 is 0 Å². The second-order valence-corrected chi connectivity index (χ2v) is 7.33. The molecule has 132 valence electrons. The normalized spacial score (nSPS) is 19.4. The smallest absolute Gasteiger partial charge is 0.261 e. The average Bonchev–Trinajstić information content (AvgIpc) is 3.27. The SMILES string of the molecule is O=C(NCc1ccc2c(c1)OCCCO2)c1ccc([C@@H]2CCCO2)s1. The van der Waals surface area contributed by atoms with Gasteiger partial charge in [0.25, 0.3) is 5.91 Å². The number of rotatable bonds is 4. The van der Waals surface area contributed by atoms with E-state index in [0.717, 1.165) is 52.7 Å². The minimum atomic E-state index is -0.0543. The summed E-state index contributed by atoms with van der Waals surface area (Å²) in [5, 5.41) is 2.98. The molecule has 6 heteroatoms. The van der Waals surface area contributed by atoms with Crippen LogP contribution >= 0.6 is 11.3 Å². The Morgan fingerprint density at radius 2 is 1.96 bits per heavy atom. The van der Waals surface area contributed by atoms with E-state index < -0.39 is 0 Å². The van der Waals surface area contributed by atoms with Crippen molar-refractivity contribution in [1.82, 2.24) is 5.32 Å². The Morgan fingerprint density at radius 3 is 2.80 bits per heavy atom. The van der Waals surface area contributed by atoms with Gasteiger partial charge in [-0.1, -0.05) is 6.07 Å². The Bertz CT molecular complexity index is 752. The maximum absolute atomic E-state index is 12.4. The van der Waals surface area contributed by atoms with Crippen LogP contribution in [-0.4, -0.2) is 25.7 Å². The minimum absolute atomic E-state index is 0.0543. The Hall–Kier alpha value is -2.05. The third kappa shape index (κ3) is 3.80. The zero-order chi connectivity index (χ0) is 17.1. The third-order valence-electron chi connectivity index (χ3n) is 4.36. The number of nitrogens with one attached hydrogen (secondary N) is 1. The first-order chi connectivity index (χ1) is 12.3. The maximum atomic E-state index is 12.4. The van der Waals surface area contributed by atoms with Crippen LogP contribution in [0.15, 0.2) is 30.3 Å². The molecule has 0 radical (unpaired) electrons. The van der Waals surface area contributed by atoms with Gasteiger partial charge in [0.2, 0.25) is 0 Å². The molecule has 1 N–H and O–H groups in total. The van der Waals surface area contributed by atoms with Gasteiger partial charge in [-0.05, 0) is 42.7 Å². The highest BCUT2D eigenvalue weighted by Gasteiger charge is 2.21. The fourth-order valence-corrected chi connectivity index (χ4v) is 4.05. The van der Waals surface area contributed by atoms with E-state index in [2.05, 4.69) is 5.32 Å². The molecule has 1 saturated heterocycles. The van der Waals surface area contributed by atoms with E-state index in [1.54, 1.807) is 0 Å². The van der Waals surface area contributed by atoms with Gasteiger partial charge < -0.3 is 19.5 Å². The Labute approximate surface area is 150 Å². The summed E-state index contributed by atoms with van der Waals surface area (Å²) in [5.74, 6) is 1.47. The van der Waals surface area contributed by atoms with Crippen molar-refractivity contribution < 1.29 is 19.0 Å². The lowest BCUT2D eigenvalue weighted by Gasteiger charge is -2.10. The molecule has 1 aromatic carbocycles. The van der Waals surface area contributed by atoms with Gasteiger partial charge in [0, 0.05) is 24.4 Å². The number of fused-ring (bicyclic) bond motifs is 1. The summed E-state index contributed by atoms with van der Waals surface area (Å²) in [4.78, 5) is 14.3. The van der Waals surface area contributed by atoms with Gasteiger partial charge in [0.15, 0.2) is 11.5 Å². The molecule has 3 heterocycles. The van der Waals surface area contributed by atoms with Gasteiger partial charge in [-0.2, -0.15) is 0 Å². The number of hydrogen-bond acceptors (Lipinski definition) is 5. The number of carbonyl (C=O) groups excluding carboxylic acids is 1. The fraction of sp³-hybridized carbons (Fsp3) is 0.421. The van der Waals surface area contributed by atoms with E-state index in [1.165, 1.54) is 11.3 Å². The standard InChI is InChI=1S/C19H21NO4S/c21-19(18-7-6-17(25-18)15-3-1-8-23-15)20-12-13-4-5-14-16(11-13)24-10-2-9-22-14/h4-7,11,15H,1-3,8-10,12H2,(H,20,21)/t15-/m0/s1. The number of carbonyl (C=O) groups is 1. The Morgan fingerprint density at radius 1 is 1.08 bits per heavy atom. The van der Waals surface area contributed by atoms with Gasteiger partial charge in [0.1, 0.15) is 0 Å². The van der Waals surface area contributed by atoms with Crippen LogP contribution in [-0.2, 0) is 11.3 Å². The molecule has 1 atom stereocenters. The van der Waals surface area contributed by atoms with E-state index in [-0.39, 0.29) is 12.0 Å². The van der Waals surface area contributed by atoms with Gasteiger partial charge in [-0.25, -0.2) is 0 Å².